The molecular formula is C19H24N2O. The van der Waals surface area contributed by atoms with Crippen LogP contribution >= 0.6 is 0 Å². The number of hydrogen-bond donors (Lipinski definition) is 0. The lowest BCUT2D eigenvalue weighted by molar-refractivity contribution is -0.149. The fourth-order valence-corrected chi connectivity index (χ4v) is 6.04. The standard InChI is InChI=1S/C19H24N2O/c1-2-19-8-5-10-21-16(22)12-14-13-6-3-4-7-15(13)20(11-9-19)17(14)18(19)21/h3-4,6-7,14,17-18H,2,5,8-12H2,1H3/t14?,17?,18-,19-/m1/s1. The van der Waals surface area contributed by atoms with E-state index >= 15 is 0 Å². The predicted molar refractivity (Wildman–Crippen MR) is 87.0 cm³/mol. The van der Waals surface area contributed by atoms with E-state index in [4.69, 9.17) is 0 Å². The van der Waals surface area contributed by atoms with Gasteiger partial charge in [0.2, 0.25) is 5.91 Å². The van der Waals surface area contributed by atoms with Gasteiger partial charge in [0.25, 0.3) is 0 Å². The molecule has 0 spiro atoms. The molecule has 116 valence electrons. The van der Waals surface area contributed by atoms with E-state index in [0.717, 1.165) is 6.54 Å². The van der Waals surface area contributed by atoms with Crippen molar-refractivity contribution in [1.29, 1.82) is 0 Å². The molecule has 3 fully saturated rings. The zero-order chi connectivity index (χ0) is 14.9. The van der Waals surface area contributed by atoms with Gasteiger partial charge in [-0.05, 0) is 42.7 Å². The molecular weight excluding hydrogens is 272 g/mol. The Labute approximate surface area is 132 Å². The highest BCUT2D eigenvalue weighted by Crippen LogP contribution is 2.57. The van der Waals surface area contributed by atoms with Gasteiger partial charge in [-0.3, -0.25) is 4.79 Å². The molecule has 4 atom stereocenters. The number of para-hydroxylation sites is 1. The molecule has 1 aromatic rings. The smallest absolute Gasteiger partial charge is 0.223 e. The minimum absolute atomic E-state index is 0.371. The van der Waals surface area contributed by atoms with E-state index in [1.165, 1.54) is 43.5 Å². The number of carbonyl (C=O) groups excluding carboxylic acids is 1. The van der Waals surface area contributed by atoms with Crippen LogP contribution in [0.15, 0.2) is 24.3 Å². The third kappa shape index (κ3) is 1.40. The summed E-state index contributed by atoms with van der Waals surface area (Å²) in [4.78, 5) is 17.7. The molecule has 1 amide bonds. The second kappa shape index (κ2) is 4.27. The minimum Gasteiger partial charge on any atom is -0.366 e. The summed E-state index contributed by atoms with van der Waals surface area (Å²) in [5.41, 5.74) is 3.20. The average Bonchev–Trinajstić information content (AvgIpc) is 2.89. The Morgan fingerprint density at radius 1 is 1.18 bits per heavy atom. The van der Waals surface area contributed by atoms with E-state index in [2.05, 4.69) is 41.0 Å². The second-order valence-corrected chi connectivity index (χ2v) is 7.65. The van der Waals surface area contributed by atoms with Crippen molar-refractivity contribution in [3.63, 3.8) is 0 Å². The Kier molecular flexibility index (Phi) is 2.52. The average molecular weight is 296 g/mol. The molecule has 3 nitrogen and oxygen atoms in total. The van der Waals surface area contributed by atoms with Gasteiger partial charge >= 0.3 is 0 Å². The first-order valence-electron chi connectivity index (χ1n) is 8.90. The molecule has 3 saturated heterocycles. The van der Waals surface area contributed by atoms with Gasteiger partial charge in [0, 0.05) is 31.1 Å². The van der Waals surface area contributed by atoms with E-state index in [1.54, 1.807) is 0 Å². The summed E-state index contributed by atoms with van der Waals surface area (Å²) in [5, 5.41) is 0. The molecule has 0 N–H and O–H groups in total. The number of carbonyl (C=O) groups is 1. The molecule has 0 aliphatic carbocycles. The predicted octanol–water partition coefficient (Wildman–Crippen LogP) is 3.15. The van der Waals surface area contributed by atoms with Crippen molar-refractivity contribution in [3.05, 3.63) is 29.8 Å². The Balaban J connectivity index is 1.68. The molecule has 0 radical (unpaired) electrons. The third-order valence-corrected chi connectivity index (χ3v) is 7.05. The largest absolute Gasteiger partial charge is 0.366 e. The van der Waals surface area contributed by atoms with Crippen molar-refractivity contribution in [3.8, 4) is 0 Å². The van der Waals surface area contributed by atoms with Crippen molar-refractivity contribution < 1.29 is 4.79 Å². The van der Waals surface area contributed by atoms with Crippen molar-refractivity contribution in [2.24, 2.45) is 5.41 Å². The van der Waals surface area contributed by atoms with Crippen LogP contribution in [0.5, 0.6) is 0 Å². The summed E-state index contributed by atoms with van der Waals surface area (Å²) in [5.74, 6) is 0.830. The van der Waals surface area contributed by atoms with Crippen molar-refractivity contribution in [1.82, 2.24) is 4.90 Å². The van der Waals surface area contributed by atoms with Crippen LogP contribution in [0.1, 0.15) is 50.5 Å². The van der Waals surface area contributed by atoms with Crippen LogP contribution in [0, 0.1) is 5.41 Å². The zero-order valence-electron chi connectivity index (χ0n) is 13.3. The maximum atomic E-state index is 12.8. The van der Waals surface area contributed by atoms with Crippen LogP contribution in [-0.4, -0.2) is 36.0 Å². The molecule has 0 bridgehead atoms. The highest BCUT2D eigenvalue weighted by Gasteiger charge is 2.60. The molecule has 4 heterocycles. The topological polar surface area (TPSA) is 23.6 Å². The van der Waals surface area contributed by atoms with E-state index < -0.39 is 0 Å². The molecule has 4 aliphatic heterocycles. The van der Waals surface area contributed by atoms with Crippen LogP contribution in [-0.2, 0) is 4.79 Å². The molecule has 4 aliphatic rings. The Hall–Kier alpha value is -1.51. The Morgan fingerprint density at radius 2 is 2.05 bits per heavy atom. The quantitative estimate of drug-likeness (QED) is 0.795. The number of anilines is 1. The number of piperidine rings is 3. The maximum Gasteiger partial charge on any atom is 0.223 e. The lowest BCUT2D eigenvalue weighted by atomic mass is 9.61. The van der Waals surface area contributed by atoms with Gasteiger partial charge in [-0.25, -0.2) is 0 Å². The van der Waals surface area contributed by atoms with Gasteiger partial charge in [0.1, 0.15) is 0 Å². The fraction of sp³-hybridized carbons (Fsp3) is 0.632. The second-order valence-electron chi connectivity index (χ2n) is 7.65. The van der Waals surface area contributed by atoms with E-state index in [9.17, 15) is 4.79 Å². The number of rotatable bonds is 1. The summed E-state index contributed by atoms with van der Waals surface area (Å²) in [6.45, 7) is 4.50. The first kappa shape index (κ1) is 13.0. The first-order valence-corrected chi connectivity index (χ1v) is 8.90. The van der Waals surface area contributed by atoms with Crippen LogP contribution in [0.4, 0.5) is 5.69 Å². The highest BCUT2D eigenvalue weighted by atomic mass is 16.2. The number of amides is 1. The SMILES string of the molecule is CC[C@@]12CCCN3C(=O)CC4c5ccccc5N(CC1)C4[C@@H]32. The summed E-state index contributed by atoms with van der Waals surface area (Å²) < 4.78 is 0. The van der Waals surface area contributed by atoms with Crippen molar-refractivity contribution in [2.75, 3.05) is 18.0 Å². The van der Waals surface area contributed by atoms with E-state index in [-0.39, 0.29) is 0 Å². The molecule has 1 aromatic carbocycles. The van der Waals surface area contributed by atoms with Crippen molar-refractivity contribution in [2.45, 2.75) is 57.0 Å². The number of hydrogen-bond acceptors (Lipinski definition) is 2. The molecule has 0 aromatic heterocycles. The Bertz CT molecular complexity index is 642. The van der Waals surface area contributed by atoms with Gasteiger partial charge in [-0.2, -0.15) is 0 Å². The summed E-state index contributed by atoms with van der Waals surface area (Å²) in [7, 11) is 0. The van der Waals surface area contributed by atoms with Gasteiger partial charge in [-0.1, -0.05) is 25.1 Å². The van der Waals surface area contributed by atoms with Crippen LogP contribution in [0.3, 0.4) is 0 Å². The van der Waals surface area contributed by atoms with Gasteiger partial charge < -0.3 is 9.80 Å². The van der Waals surface area contributed by atoms with Crippen molar-refractivity contribution >= 4 is 11.6 Å². The molecule has 3 heteroatoms. The monoisotopic (exact) mass is 296 g/mol. The zero-order valence-corrected chi connectivity index (χ0v) is 13.3. The molecule has 2 unspecified atom stereocenters. The summed E-state index contributed by atoms with van der Waals surface area (Å²) in [6, 6.07) is 9.80. The van der Waals surface area contributed by atoms with Crippen LogP contribution in [0.25, 0.3) is 0 Å². The number of fused-ring (bicyclic) bond motifs is 3. The van der Waals surface area contributed by atoms with Gasteiger partial charge in [0.05, 0.1) is 12.1 Å². The fourth-order valence-electron chi connectivity index (χ4n) is 6.04. The highest BCUT2D eigenvalue weighted by molar-refractivity contribution is 5.82. The maximum absolute atomic E-state index is 12.8. The van der Waals surface area contributed by atoms with E-state index in [0.29, 0.717) is 35.7 Å². The first-order chi connectivity index (χ1) is 10.7. The van der Waals surface area contributed by atoms with Gasteiger partial charge in [0.15, 0.2) is 0 Å². The lowest BCUT2D eigenvalue weighted by Crippen LogP contribution is -2.69. The molecule has 0 saturated carbocycles. The third-order valence-electron chi connectivity index (χ3n) is 7.05. The molecule has 5 rings (SSSR count). The Morgan fingerprint density at radius 3 is 2.91 bits per heavy atom. The molecule has 22 heavy (non-hydrogen) atoms. The number of nitrogens with zero attached hydrogens (tertiary/aromatic N) is 2. The van der Waals surface area contributed by atoms with E-state index in [1.807, 2.05) is 0 Å². The minimum atomic E-state index is 0.371. The summed E-state index contributed by atoms with van der Waals surface area (Å²) >= 11 is 0. The summed E-state index contributed by atoms with van der Waals surface area (Å²) in [6.07, 6.45) is 5.69. The normalized spacial score (nSPS) is 38.8. The van der Waals surface area contributed by atoms with Crippen LogP contribution < -0.4 is 4.90 Å². The van der Waals surface area contributed by atoms with Crippen LogP contribution in [0.2, 0.25) is 0 Å². The van der Waals surface area contributed by atoms with Gasteiger partial charge in [-0.15, -0.1) is 0 Å². The number of benzene rings is 1. The lowest BCUT2D eigenvalue weighted by Gasteiger charge is -2.61.